The Hall–Kier alpha value is -2.28. The molecule has 7 heteroatoms. The van der Waals surface area contributed by atoms with Crippen molar-refractivity contribution in [3.8, 4) is 0 Å². The van der Waals surface area contributed by atoms with Gasteiger partial charge >= 0.3 is 0 Å². The largest absolute Gasteiger partial charge is 0.368 e. The maximum atomic E-state index is 13.6. The zero-order valence-corrected chi connectivity index (χ0v) is 8.16. The van der Waals surface area contributed by atoms with Gasteiger partial charge in [0.1, 0.15) is 11.5 Å². The topological polar surface area (TPSA) is 77.7 Å². The number of rotatable bonds is 1. The second-order valence-corrected chi connectivity index (χ2v) is 3.36. The van der Waals surface area contributed by atoms with Gasteiger partial charge in [-0.3, -0.25) is 5.43 Å². The molecule has 0 atom stereocenters. The van der Waals surface area contributed by atoms with Crippen LogP contribution < -0.4 is 22.1 Å². The minimum absolute atomic E-state index is 0.262. The fourth-order valence-electron chi connectivity index (χ4n) is 1.62. The van der Waals surface area contributed by atoms with Gasteiger partial charge in [-0.15, -0.1) is 5.53 Å². The number of nitrogens with one attached hydrogen (secondary N) is 3. The molecule has 0 amide bonds. The highest BCUT2D eigenvalue weighted by molar-refractivity contribution is 5.83. The van der Waals surface area contributed by atoms with E-state index in [-0.39, 0.29) is 11.8 Å². The molecule has 6 nitrogen and oxygen atoms in total. The quantitative estimate of drug-likeness (QED) is 0.518. The first-order valence-corrected chi connectivity index (χ1v) is 4.67. The third kappa shape index (κ3) is 1.18. The Balaban J connectivity index is 2.12. The van der Waals surface area contributed by atoms with E-state index in [1.807, 2.05) is 0 Å². The first-order valence-electron chi connectivity index (χ1n) is 4.67. The highest BCUT2D eigenvalue weighted by Gasteiger charge is 2.29. The van der Waals surface area contributed by atoms with Gasteiger partial charge < -0.3 is 5.73 Å². The van der Waals surface area contributed by atoms with E-state index in [0.29, 0.717) is 17.1 Å². The number of benzene rings is 1. The number of hydrogen-bond donors (Lipinski definition) is 4. The predicted octanol–water partition coefficient (Wildman–Crippen LogP) is -0.391. The van der Waals surface area contributed by atoms with Crippen LogP contribution in [0.5, 0.6) is 0 Å². The van der Waals surface area contributed by atoms with Gasteiger partial charge in [-0.2, -0.15) is 10.1 Å². The van der Waals surface area contributed by atoms with Gasteiger partial charge in [0.05, 0.1) is 0 Å². The molecule has 2 aliphatic rings. The van der Waals surface area contributed by atoms with Crippen molar-refractivity contribution in [2.75, 3.05) is 0 Å². The number of aliphatic imine (C=N–C) groups is 1. The molecule has 82 valence electrons. The molecule has 1 aromatic carbocycles. The molecule has 2 aliphatic heterocycles. The van der Waals surface area contributed by atoms with Crippen molar-refractivity contribution in [3.63, 3.8) is 0 Å². The molecule has 3 rings (SSSR count). The van der Waals surface area contributed by atoms with Crippen molar-refractivity contribution in [2.24, 2.45) is 10.7 Å². The van der Waals surface area contributed by atoms with Crippen molar-refractivity contribution >= 4 is 11.7 Å². The summed E-state index contributed by atoms with van der Waals surface area (Å²) in [6.45, 7) is 0. The Labute approximate surface area is 90.5 Å². The summed E-state index contributed by atoms with van der Waals surface area (Å²) < 4.78 is 13.6. The fraction of sp³-hybridized carbons (Fsp3) is 0. The zero-order chi connectivity index (χ0) is 11.1. The molecule has 0 unspecified atom stereocenters. The van der Waals surface area contributed by atoms with Gasteiger partial charge in [0.15, 0.2) is 5.82 Å². The first-order chi connectivity index (χ1) is 7.75. The normalized spacial score (nSPS) is 18.1. The molecule has 0 bridgehead atoms. The van der Waals surface area contributed by atoms with Crippen LogP contribution >= 0.6 is 0 Å². The van der Waals surface area contributed by atoms with Gasteiger partial charge in [-0.25, -0.2) is 9.82 Å². The monoisotopic (exact) mass is 220 g/mol. The highest BCUT2D eigenvalue weighted by atomic mass is 19.1. The molecular formula is C9H9FN6. The number of guanidine groups is 1. The molecule has 0 saturated heterocycles. The Bertz CT molecular complexity index is 508. The number of halogens is 1. The molecular weight excluding hydrogens is 211 g/mol. The summed E-state index contributed by atoms with van der Waals surface area (Å²) in [6, 6.07) is 6.45. The molecule has 0 spiro atoms. The van der Waals surface area contributed by atoms with Gasteiger partial charge in [-0.05, 0) is 12.1 Å². The summed E-state index contributed by atoms with van der Waals surface area (Å²) in [5.41, 5.74) is 14.8. The maximum absolute atomic E-state index is 13.6. The fourth-order valence-corrected chi connectivity index (χ4v) is 1.62. The summed E-state index contributed by atoms with van der Waals surface area (Å²) in [5, 5.41) is 1.48. The van der Waals surface area contributed by atoms with E-state index < -0.39 is 0 Å². The summed E-state index contributed by atoms with van der Waals surface area (Å²) in [5.74, 6) is 0.460. The standard InChI is InChI=1S/C9H9FN6/c10-6-4-2-1-3-5(6)7-8-12-9(11)14-16(8)15-13-7/h1-4,13,15H,(H3,11,12,14). The van der Waals surface area contributed by atoms with Crippen molar-refractivity contribution in [1.29, 1.82) is 0 Å². The second kappa shape index (κ2) is 3.11. The Morgan fingerprint density at radius 1 is 1.31 bits per heavy atom. The van der Waals surface area contributed by atoms with E-state index in [0.717, 1.165) is 0 Å². The summed E-state index contributed by atoms with van der Waals surface area (Å²) >= 11 is 0. The van der Waals surface area contributed by atoms with Gasteiger partial charge in [0.2, 0.25) is 5.96 Å². The molecule has 2 heterocycles. The predicted molar refractivity (Wildman–Crippen MR) is 56.2 cm³/mol. The van der Waals surface area contributed by atoms with Crippen molar-refractivity contribution in [1.82, 2.24) is 21.5 Å². The van der Waals surface area contributed by atoms with Gasteiger partial charge in [0.25, 0.3) is 0 Å². The van der Waals surface area contributed by atoms with Crippen LogP contribution in [-0.2, 0) is 0 Å². The lowest BCUT2D eigenvalue weighted by atomic mass is 10.1. The highest BCUT2D eigenvalue weighted by Crippen LogP contribution is 2.25. The molecule has 1 aromatic rings. The van der Waals surface area contributed by atoms with Crippen LogP contribution in [0.15, 0.2) is 35.1 Å². The lowest BCUT2D eigenvalue weighted by Gasteiger charge is -2.11. The first kappa shape index (κ1) is 8.98. The number of hydrogen-bond acceptors (Lipinski definition) is 6. The van der Waals surface area contributed by atoms with Crippen LogP contribution in [0.2, 0.25) is 0 Å². The lowest BCUT2D eigenvalue weighted by Crippen LogP contribution is -2.47. The number of nitrogens with two attached hydrogens (primary N) is 1. The SMILES string of the molecule is NC1=NC2=C(c3ccccc3F)NNN2N1. The molecule has 16 heavy (non-hydrogen) atoms. The number of nitrogens with zero attached hydrogens (tertiary/aromatic N) is 2. The average Bonchev–Trinajstić information content (AvgIpc) is 2.78. The minimum atomic E-state index is -0.318. The second-order valence-electron chi connectivity index (χ2n) is 3.36. The van der Waals surface area contributed by atoms with Crippen molar-refractivity contribution in [2.45, 2.75) is 0 Å². The van der Waals surface area contributed by atoms with Crippen LogP contribution in [-0.4, -0.2) is 11.1 Å². The van der Waals surface area contributed by atoms with E-state index in [9.17, 15) is 4.39 Å². The van der Waals surface area contributed by atoms with Crippen LogP contribution in [0.25, 0.3) is 5.70 Å². The van der Waals surface area contributed by atoms with E-state index in [1.165, 1.54) is 11.2 Å². The van der Waals surface area contributed by atoms with Crippen LogP contribution in [0, 0.1) is 5.82 Å². The van der Waals surface area contributed by atoms with Crippen LogP contribution in [0.1, 0.15) is 5.56 Å². The van der Waals surface area contributed by atoms with E-state index >= 15 is 0 Å². The molecule has 0 aliphatic carbocycles. The molecule has 0 saturated carbocycles. The van der Waals surface area contributed by atoms with Crippen molar-refractivity contribution < 1.29 is 4.39 Å². The smallest absolute Gasteiger partial charge is 0.216 e. The third-order valence-electron chi connectivity index (χ3n) is 2.32. The minimum Gasteiger partial charge on any atom is -0.368 e. The van der Waals surface area contributed by atoms with E-state index in [1.54, 1.807) is 18.2 Å². The van der Waals surface area contributed by atoms with Crippen LogP contribution in [0.4, 0.5) is 4.39 Å². The molecule has 0 fully saturated rings. The van der Waals surface area contributed by atoms with Crippen molar-refractivity contribution in [3.05, 3.63) is 41.5 Å². The lowest BCUT2D eigenvalue weighted by molar-refractivity contribution is 0.226. The Kier molecular flexibility index (Phi) is 1.74. The van der Waals surface area contributed by atoms with E-state index in [4.69, 9.17) is 5.73 Å². The summed E-state index contributed by atoms with van der Waals surface area (Å²) in [6.07, 6.45) is 0. The Morgan fingerprint density at radius 2 is 2.12 bits per heavy atom. The zero-order valence-electron chi connectivity index (χ0n) is 8.16. The van der Waals surface area contributed by atoms with Gasteiger partial charge in [-0.1, -0.05) is 12.1 Å². The number of fused-ring (bicyclic) bond motifs is 1. The number of hydrazine groups is 3. The van der Waals surface area contributed by atoms with E-state index in [2.05, 4.69) is 21.4 Å². The molecule has 0 aromatic heterocycles. The summed E-state index contributed by atoms with van der Waals surface area (Å²) in [4.78, 5) is 4.05. The third-order valence-corrected chi connectivity index (χ3v) is 2.32. The van der Waals surface area contributed by atoms with Gasteiger partial charge in [0, 0.05) is 5.56 Å². The maximum Gasteiger partial charge on any atom is 0.216 e. The van der Waals surface area contributed by atoms with Crippen LogP contribution in [0.3, 0.4) is 0 Å². The molecule has 5 N–H and O–H groups in total. The summed E-state index contributed by atoms with van der Waals surface area (Å²) in [7, 11) is 0. The Morgan fingerprint density at radius 3 is 2.94 bits per heavy atom. The average molecular weight is 220 g/mol. The molecule has 0 radical (unpaired) electrons.